The summed E-state index contributed by atoms with van der Waals surface area (Å²) in [5.41, 5.74) is 0. The SMILES string of the molecule is CC(CO)N1CC(=O)NC1=O. The molecule has 1 saturated heterocycles. The van der Waals surface area contributed by atoms with Crippen LogP contribution in [0.1, 0.15) is 6.92 Å². The van der Waals surface area contributed by atoms with Gasteiger partial charge in [0, 0.05) is 0 Å². The third kappa shape index (κ3) is 1.48. The van der Waals surface area contributed by atoms with Gasteiger partial charge in [0.15, 0.2) is 0 Å². The predicted octanol–water partition coefficient (Wildman–Crippen LogP) is -1.08. The first-order valence-electron chi connectivity index (χ1n) is 3.36. The van der Waals surface area contributed by atoms with Gasteiger partial charge in [0.25, 0.3) is 0 Å². The number of aliphatic hydroxyl groups excluding tert-OH is 1. The molecule has 3 amide bonds. The zero-order chi connectivity index (χ0) is 8.43. The number of carbonyl (C=O) groups is 2. The second-order valence-electron chi connectivity index (χ2n) is 2.51. The molecule has 5 heteroatoms. The average Bonchev–Trinajstić information content (AvgIpc) is 2.28. The van der Waals surface area contributed by atoms with Gasteiger partial charge >= 0.3 is 6.03 Å². The van der Waals surface area contributed by atoms with Gasteiger partial charge in [0.2, 0.25) is 5.91 Å². The van der Waals surface area contributed by atoms with Crippen molar-refractivity contribution in [2.75, 3.05) is 13.2 Å². The van der Waals surface area contributed by atoms with E-state index in [1.165, 1.54) is 4.90 Å². The number of imide groups is 1. The van der Waals surface area contributed by atoms with Gasteiger partial charge in [-0.05, 0) is 6.92 Å². The van der Waals surface area contributed by atoms with Crippen LogP contribution in [0.5, 0.6) is 0 Å². The Balaban J connectivity index is 2.59. The highest BCUT2D eigenvalue weighted by Gasteiger charge is 2.29. The maximum Gasteiger partial charge on any atom is 0.324 e. The minimum absolute atomic E-state index is 0.0561. The first kappa shape index (κ1) is 8.00. The Kier molecular flexibility index (Phi) is 2.09. The lowest BCUT2D eigenvalue weighted by Gasteiger charge is -2.19. The van der Waals surface area contributed by atoms with Crippen molar-refractivity contribution in [1.29, 1.82) is 0 Å². The summed E-state index contributed by atoms with van der Waals surface area (Å²) in [6, 6.07) is -0.710. The highest BCUT2D eigenvalue weighted by molar-refractivity contribution is 6.02. The molecule has 5 nitrogen and oxygen atoms in total. The second kappa shape index (κ2) is 2.87. The number of aliphatic hydroxyl groups is 1. The fourth-order valence-electron chi connectivity index (χ4n) is 0.912. The Morgan fingerprint density at radius 3 is 2.73 bits per heavy atom. The van der Waals surface area contributed by atoms with E-state index in [9.17, 15) is 9.59 Å². The lowest BCUT2D eigenvalue weighted by molar-refractivity contribution is -0.118. The molecule has 1 heterocycles. The van der Waals surface area contributed by atoms with Gasteiger partial charge < -0.3 is 10.0 Å². The molecule has 2 N–H and O–H groups in total. The molecular weight excluding hydrogens is 148 g/mol. The van der Waals surface area contributed by atoms with Crippen molar-refractivity contribution in [1.82, 2.24) is 10.2 Å². The average molecular weight is 158 g/mol. The summed E-state index contributed by atoms with van der Waals surface area (Å²) in [6.45, 7) is 1.61. The molecule has 0 saturated carbocycles. The molecule has 0 bridgehead atoms. The number of hydrogen-bond acceptors (Lipinski definition) is 3. The van der Waals surface area contributed by atoms with Crippen LogP contribution in [-0.2, 0) is 4.79 Å². The van der Waals surface area contributed by atoms with E-state index < -0.39 is 6.03 Å². The van der Waals surface area contributed by atoms with E-state index in [0.717, 1.165) is 0 Å². The van der Waals surface area contributed by atoms with Gasteiger partial charge in [-0.2, -0.15) is 0 Å². The van der Waals surface area contributed by atoms with Gasteiger partial charge in [-0.25, -0.2) is 4.79 Å². The highest BCUT2D eigenvalue weighted by Crippen LogP contribution is 2.03. The third-order valence-electron chi connectivity index (χ3n) is 1.62. The fourth-order valence-corrected chi connectivity index (χ4v) is 0.912. The minimum atomic E-state index is -0.420. The van der Waals surface area contributed by atoms with Crippen LogP contribution in [0, 0.1) is 0 Å². The molecule has 0 radical (unpaired) electrons. The Labute approximate surface area is 64.0 Å². The predicted molar refractivity (Wildman–Crippen MR) is 36.8 cm³/mol. The van der Waals surface area contributed by atoms with Crippen LogP contribution in [0.4, 0.5) is 4.79 Å². The van der Waals surface area contributed by atoms with Crippen LogP contribution < -0.4 is 5.32 Å². The van der Waals surface area contributed by atoms with Crippen LogP contribution >= 0.6 is 0 Å². The molecular formula is C6H10N2O3. The standard InChI is InChI=1S/C6H10N2O3/c1-4(3-9)8-2-5(10)7-6(8)11/h4,9H,2-3H2,1H3,(H,7,10,11). The maximum atomic E-state index is 10.9. The van der Waals surface area contributed by atoms with Gasteiger partial charge in [-0.3, -0.25) is 10.1 Å². The van der Waals surface area contributed by atoms with Crippen molar-refractivity contribution in [2.45, 2.75) is 13.0 Å². The zero-order valence-corrected chi connectivity index (χ0v) is 6.20. The summed E-state index contributed by atoms with van der Waals surface area (Å²) in [4.78, 5) is 22.8. The van der Waals surface area contributed by atoms with Crippen molar-refractivity contribution < 1.29 is 14.7 Å². The summed E-state index contributed by atoms with van der Waals surface area (Å²) < 4.78 is 0. The van der Waals surface area contributed by atoms with Crippen molar-refractivity contribution >= 4 is 11.9 Å². The second-order valence-corrected chi connectivity index (χ2v) is 2.51. The van der Waals surface area contributed by atoms with Crippen LogP contribution in [0.25, 0.3) is 0 Å². The molecule has 62 valence electrons. The Morgan fingerprint density at radius 1 is 1.73 bits per heavy atom. The first-order valence-corrected chi connectivity index (χ1v) is 3.36. The number of amides is 3. The Bertz CT molecular complexity index is 192. The van der Waals surface area contributed by atoms with Crippen LogP contribution in [0.3, 0.4) is 0 Å². The molecule has 1 rings (SSSR count). The van der Waals surface area contributed by atoms with E-state index >= 15 is 0 Å². The van der Waals surface area contributed by atoms with Gasteiger partial charge in [-0.1, -0.05) is 0 Å². The van der Waals surface area contributed by atoms with Gasteiger partial charge in [0.1, 0.15) is 6.54 Å². The smallest absolute Gasteiger partial charge is 0.324 e. The van der Waals surface area contributed by atoms with E-state index in [4.69, 9.17) is 5.11 Å². The molecule has 1 fully saturated rings. The molecule has 0 aromatic carbocycles. The van der Waals surface area contributed by atoms with E-state index in [-0.39, 0.29) is 25.1 Å². The summed E-state index contributed by atoms with van der Waals surface area (Å²) >= 11 is 0. The van der Waals surface area contributed by atoms with E-state index in [0.29, 0.717) is 0 Å². The normalized spacial score (nSPS) is 20.4. The number of urea groups is 1. The highest BCUT2D eigenvalue weighted by atomic mass is 16.3. The van der Waals surface area contributed by atoms with E-state index in [1.54, 1.807) is 6.92 Å². The largest absolute Gasteiger partial charge is 0.394 e. The Hall–Kier alpha value is -1.10. The lowest BCUT2D eigenvalue weighted by atomic mass is 10.3. The van der Waals surface area contributed by atoms with Crippen molar-refractivity contribution in [2.24, 2.45) is 0 Å². The summed E-state index contributed by atoms with van der Waals surface area (Å²) in [7, 11) is 0. The van der Waals surface area contributed by atoms with Crippen molar-refractivity contribution in [3.05, 3.63) is 0 Å². The zero-order valence-electron chi connectivity index (χ0n) is 6.20. The summed E-state index contributed by atoms with van der Waals surface area (Å²) in [5.74, 6) is -0.310. The summed E-state index contributed by atoms with van der Waals surface area (Å²) in [5, 5.41) is 10.8. The van der Waals surface area contributed by atoms with Crippen LogP contribution in [-0.4, -0.2) is 41.1 Å². The molecule has 11 heavy (non-hydrogen) atoms. The number of rotatable bonds is 2. The minimum Gasteiger partial charge on any atom is -0.394 e. The quantitative estimate of drug-likeness (QED) is 0.502. The van der Waals surface area contributed by atoms with Crippen molar-refractivity contribution in [3.8, 4) is 0 Å². The molecule has 1 aliphatic heterocycles. The topological polar surface area (TPSA) is 69.6 Å². The monoisotopic (exact) mass is 158 g/mol. The molecule has 1 aliphatic rings. The first-order chi connectivity index (χ1) is 5.15. The van der Waals surface area contributed by atoms with Crippen LogP contribution in [0.2, 0.25) is 0 Å². The number of nitrogens with zero attached hydrogens (tertiary/aromatic N) is 1. The van der Waals surface area contributed by atoms with Crippen LogP contribution in [0.15, 0.2) is 0 Å². The third-order valence-corrected chi connectivity index (χ3v) is 1.62. The molecule has 0 spiro atoms. The fraction of sp³-hybridized carbons (Fsp3) is 0.667. The maximum absolute atomic E-state index is 10.9. The number of hydrogen-bond donors (Lipinski definition) is 2. The number of carbonyl (C=O) groups excluding carboxylic acids is 2. The Morgan fingerprint density at radius 2 is 2.36 bits per heavy atom. The molecule has 0 aromatic heterocycles. The van der Waals surface area contributed by atoms with E-state index in [2.05, 4.69) is 5.32 Å². The lowest BCUT2D eigenvalue weighted by Crippen LogP contribution is -2.38. The molecule has 1 atom stereocenters. The van der Waals surface area contributed by atoms with Gasteiger partial charge in [0.05, 0.1) is 12.6 Å². The molecule has 0 aromatic rings. The molecule has 0 aliphatic carbocycles. The van der Waals surface area contributed by atoms with E-state index in [1.807, 2.05) is 0 Å². The number of nitrogens with one attached hydrogen (secondary N) is 1. The van der Waals surface area contributed by atoms with Gasteiger partial charge in [-0.15, -0.1) is 0 Å². The van der Waals surface area contributed by atoms with Crippen molar-refractivity contribution in [3.63, 3.8) is 0 Å². The molecule has 1 unspecified atom stereocenters. The summed E-state index contributed by atoms with van der Waals surface area (Å²) in [6.07, 6.45) is 0.